The first-order valence-corrected chi connectivity index (χ1v) is 4.56. The molecule has 1 atom stereocenters. The Kier molecular flexibility index (Phi) is 2.37. The fourth-order valence-corrected chi connectivity index (χ4v) is 1.68. The van der Waals surface area contributed by atoms with E-state index < -0.39 is 0 Å². The number of phenols is 1. The van der Waals surface area contributed by atoms with Gasteiger partial charge in [0.05, 0.1) is 5.69 Å². The van der Waals surface area contributed by atoms with Gasteiger partial charge in [0.15, 0.2) is 6.29 Å². The second-order valence-corrected chi connectivity index (χ2v) is 3.22. The summed E-state index contributed by atoms with van der Waals surface area (Å²) < 4.78 is 0. The average Bonchev–Trinajstić information content (AvgIpc) is 2.66. The fourth-order valence-electron chi connectivity index (χ4n) is 1.68. The standard InChI is InChI=1S/C10H12N2O2/c13-7-10-11-5-6-12(10)8-3-1-2-4-9(8)14/h1-4,7,10-11,14H,5-6H2. The average molecular weight is 192 g/mol. The summed E-state index contributed by atoms with van der Waals surface area (Å²) in [6.07, 6.45) is 0.530. The van der Waals surface area contributed by atoms with Crippen LogP contribution in [0.1, 0.15) is 0 Å². The zero-order chi connectivity index (χ0) is 9.97. The molecule has 1 aromatic carbocycles. The number of aromatic hydroxyl groups is 1. The molecule has 0 aromatic heterocycles. The molecule has 0 bridgehead atoms. The Morgan fingerprint density at radius 1 is 1.50 bits per heavy atom. The minimum absolute atomic E-state index is 0.211. The number of carbonyl (C=O) groups is 1. The van der Waals surface area contributed by atoms with Gasteiger partial charge in [0.1, 0.15) is 11.9 Å². The number of phenolic OH excluding ortho intramolecular Hbond substituents is 1. The van der Waals surface area contributed by atoms with E-state index in [1.807, 2.05) is 11.0 Å². The summed E-state index contributed by atoms with van der Waals surface area (Å²) in [5.41, 5.74) is 0.703. The number of nitrogens with zero attached hydrogens (tertiary/aromatic N) is 1. The van der Waals surface area contributed by atoms with Crippen molar-refractivity contribution < 1.29 is 9.90 Å². The molecule has 4 heteroatoms. The lowest BCUT2D eigenvalue weighted by Gasteiger charge is -2.22. The highest BCUT2D eigenvalue weighted by atomic mass is 16.3. The van der Waals surface area contributed by atoms with E-state index in [1.165, 1.54) is 0 Å². The molecule has 74 valence electrons. The van der Waals surface area contributed by atoms with Crippen molar-refractivity contribution in [2.75, 3.05) is 18.0 Å². The molecule has 1 aromatic rings. The van der Waals surface area contributed by atoms with Crippen LogP contribution in [0.2, 0.25) is 0 Å². The number of hydrogen-bond acceptors (Lipinski definition) is 4. The molecule has 1 fully saturated rings. The lowest BCUT2D eigenvalue weighted by Crippen LogP contribution is -2.36. The summed E-state index contributed by atoms with van der Waals surface area (Å²) in [4.78, 5) is 12.6. The maximum absolute atomic E-state index is 10.7. The monoisotopic (exact) mass is 192 g/mol. The van der Waals surface area contributed by atoms with E-state index in [-0.39, 0.29) is 11.9 Å². The summed E-state index contributed by atoms with van der Waals surface area (Å²) >= 11 is 0. The van der Waals surface area contributed by atoms with Gasteiger partial charge in [-0.05, 0) is 12.1 Å². The molecular formula is C10H12N2O2. The highest BCUT2D eigenvalue weighted by Crippen LogP contribution is 2.28. The number of benzene rings is 1. The van der Waals surface area contributed by atoms with E-state index in [4.69, 9.17) is 0 Å². The van der Waals surface area contributed by atoms with Crippen molar-refractivity contribution in [2.45, 2.75) is 6.17 Å². The van der Waals surface area contributed by atoms with Crippen LogP contribution in [0.4, 0.5) is 5.69 Å². The minimum Gasteiger partial charge on any atom is -0.506 e. The quantitative estimate of drug-likeness (QED) is 0.663. The van der Waals surface area contributed by atoms with Crippen LogP contribution < -0.4 is 10.2 Å². The molecule has 1 heterocycles. The molecule has 0 spiro atoms. The van der Waals surface area contributed by atoms with E-state index >= 15 is 0 Å². The molecule has 4 nitrogen and oxygen atoms in total. The number of hydrogen-bond donors (Lipinski definition) is 2. The maximum Gasteiger partial charge on any atom is 0.157 e. The molecule has 0 radical (unpaired) electrons. The Morgan fingerprint density at radius 2 is 2.29 bits per heavy atom. The van der Waals surface area contributed by atoms with Crippen molar-refractivity contribution >= 4 is 12.0 Å². The Hall–Kier alpha value is -1.55. The van der Waals surface area contributed by atoms with Crippen LogP contribution in [0, 0.1) is 0 Å². The molecule has 14 heavy (non-hydrogen) atoms. The predicted molar refractivity (Wildman–Crippen MR) is 53.3 cm³/mol. The van der Waals surface area contributed by atoms with Crippen molar-refractivity contribution in [3.63, 3.8) is 0 Å². The SMILES string of the molecule is O=CC1NCCN1c1ccccc1O. The van der Waals surface area contributed by atoms with Gasteiger partial charge in [-0.15, -0.1) is 0 Å². The van der Waals surface area contributed by atoms with Crippen molar-refractivity contribution in [3.05, 3.63) is 24.3 Å². The summed E-state index contributed by atoms with van der Waals surface area (Å²) in [6, 6.07) is 7.03. The van der Waals surface area contributed by atoms with E-state index in [1.54, 1.807) is 18.2 Å². The molecule has 2 rings (SSSR count). The van der Waals surface area contributed by atoms with Crippen molar-refractivity contribution in [2.24, 2.45) is 0 Å². The third-order valence-corrected chi connectivity index (χ3v) is 2.36. The van der Waals surface area contributed by atoms with E-state index in [0.717, 1.165) is 19.4 Å². The smallest absolute Gasteiger partial charge is 0.157 e. The number of para-hydroxylation sites is 2. The Labute approximate surface area is 82.2 Å². The second-order valence-electron chi connectivity index (χ2n) is 3.22. The molecule has 0 aliphatic carbocycles. The van der Waals surface area contributed by atoms with Crippen LogP contribution in [-0.4, -0.2) is 30.6 Å². The first-order valence-electron chi connectivity index (χ1n) is 4.56. The van der Waals surface area contributed by atoms with Gasteiger partial charge in [-0.3, -0.25) is 10.1 Å². The number of anilines is 1. The van der Waals surface area contributed by atoms with Gasteiger partial charge in [-0.1, -0.05) is 12.1 Å². The van der Waals surface area contributed by atoms with Crippen molar-refractivity contribution in [1.29, 1.82) is 0 Å². The van der Waals surface area contributed by atoms with Crippen LogP contribution >= 0.6 is 0 Å². The van der Waals surface area contributed by atoms with Crippen LogP contribution in [0.15, 0.2) is 24.3 Å². The van der Waals surface area contributed by atoms with Gasteiger partial charge >= 0.3 is 0 Å². The largest absolute Gasteiger partial charge is 0.506 e. The van der Waals surface area contributed by atoms with Gasteiger partial charge in [-0.25, -0.2) is 0 Å². The van der Waals surface area contributed by atoms with Crippen LogP contribution in [0.5, 0.6) is 5.75 Å². The van der Waals surface area contributed by atoms with Crippen LogP contribution in [0.25, 0.3) is 0 Å². The zero-order valence-electron chi connectivity index (χ0n) is 7.68. The molecule has 0 saturated carbocycles. The molecule has 2 N–H and O–H groups in total. The Morgan fingerprint density at radius 3 is 3.00 bits per heavy atom. The number of rotatable bonds is 2. The first kappa shape index (κ1) is 9.02. The number of aldehydes is 1. The third-order valence-electron chi connectivity index (χ3n) is 2.36. The minimum atomic E-state index is -0.316. The molecule has 1 saturated heterocycles. The van der Waals surface area contributed by atoms with Crippen LogP contribution in [-0.2, 0) is 4.79 Å². The highest BCUT2D eigenvalue weighted by Gasteiger charge is 2.24. The van der Waals surface area contributed by atoms with E-state index in [0.29, 0.717) is 5.69 Å². The highest BCUT2D eigenvalue weighted by molar-refractivity contribution is 5.69. The number of nitrogens with one attached hydrogen (secondary N) is 1. The molecule has 1 aliphatic heterocycles. The molecular weight excluding hydrogens is 180 g/mol. The fraction of sp³-hybridized carbons (Fsp3) is 0.300. The maximum atomic E-state index is 10.7. The van der Waals surface area contributed by atoms with Gasteiger partial charge < -0.3 is 10.0 Å². The Bertz CT molecular complexity index is 341. The third kappa shape index (κ3) is 1.44. The molecule has 0 amide bonds. The summed E-state index contributed by atoms with van der Waals surface area (Å²) in [5.74, 6) is 0.211. The lowest BCUT2D eigenvalue weighted by atomic mass is 10.2. The lowest BCUT2D eigenvalue weighted by molar-refractivity contribution is -0.109. The van der Waals surface area contributed by atoms with Gasteiger partial charge in [-0.2, -0.15) is 0 Å². The van der Waals surface area contributed by atoms with E-state index in [2.05, 4.69) is 5.32 Å². The topological polar surface area (TPSA) is 52.6 Å². The van der Waals surface area contributed by atoms with E-state index in [9.17, 15) is 9.90 Å². The van der Waals surface area contributed by atoms with Gasteiger partial charge in [0.25, 0.3) is 0 Å². The summed E-state index contributed by atoms with van der Waals surface area (Å²) in [7, 11) is 0. The second kappa shape index (κ2) is 3.67. The first-order chi connectivity index (χ1) is 6.83. The van der Waals surface area contributed by atoms with Crippen molar-refractivity contribution in [3.8, 4) is 5.75 Å². The molecule has 1 aliphatic rings. The Balaban J connectivity index is 2.30. The number of carbonyl (C=O) groups excluding carboxylic acids is 1. The van der Waals surface area contributed by atoms with Gasteiger partial charge in [0, 0.05) is 13.1 Å². The van der Waals surface area contributed by atoms with Crippen LogP contribution in [0.3, 0.4) is 0 Å². The zero-order valence-corrected chi connectivity index (χ0v) is 7.68. The summed E-state index contributed by atoms with van der Waals surface area (Å²) in [6.45, 7) is 1.50. The molecule has 1 unspecified atom stereocenters. The predicted octanol–water partition coefficient (Wildman–Crippen LogP) is 0.327. The normalized spacial score (nSPS) is 21.1. The van der Waals surface area contributed by atoms with Gasteiger partial charge in [0.2, 0.25) is 0 Å². The summed E-state index contributed by atoms with van der Waals surface area (Å²) in [5, 5.41) is 12.6. The van der Waals surface area contributed by atoms with Crippen molar-refractivity contribution in [1.82, 2.24) is 5.32 Å².